The number of hydrogen-bond acceptors (Lipinski definition) is 4. The number of nitrogens with one attached hydrogen (secondary N) is 1. The molecule has 2 amide bonds. The van der Waals surface area contributed by atoms with Crippen LogP contribution in [0, 0.1) is 5.92 Å². The normalized spacial score (nSPS) is 21.0. The van der Waals surface area contributed by atoms with Crippen molar-refractivity contribution in [1.29, 1.82) is 0 Å². The molecule has 29 heavy (non-hydrogen) atoms. The van der Waals surface area contributed by atoms with Crippen LogP contribution in [0.5, 0.6) is 0 Å². The van der Waals surface area contributed by atoms with Crippen LogP contribution in [-0.4, -0.2) is 62.2 Å². The van der Waals surface area contributed by atoms with E-state index in [-0.39, 0.29) is 33.2 Å². The van der Waals surface area contributed by atoms with Gasteiger partial charge >= 0.3 is 0 Å². The van der Waals surface area contributed by atoms with Gasteiger partial charge in [-0.15, -0.1) is 0 Å². The minimum absolute atomic E-state index is 0.0239. The summed E-state index contributed by atoms with van der Waals surface area (Å²) in [5.74, 6) is -0.559. The number of carbonyl (C=O) groups excluding carboxylic acids is 2. The minimum Gasteiger partial charge on any atom is -0.356 e. The summed E-state index contributed by atoms with van der Waals surface area (Å²) >= 11 is 6.21. The van der Waals surface area contributed by atoms with E-state index in [0.29, 0.717) is 32.7 Å². The third-order valence-electron chi connectivity index (χ3n) is 5.54. The van der Waals surface area contributed by atoms with Gasteiger partial charge in [0.05, 0.1) is 10.9 Å². The van der Waals surface area contributed by atoms with E-state index in [1.54, 1.807) is 11.0 Å². The van der Waals surface area contributed by atoms with Crippen LogP contribution in [0.4, 0.5) is 0 Å². The number of rotatable bonds is 5. The Morgan fingerprint density at radius 1 is 1.14 bits per heavy atom. The summed E-state index contributed by atoms with van der Waals surface area (Å²) in [4.78, 5) is 26.8. The van der Waals surface area contributed by atoms with Crippen LogP contribution >= 0.6 is 11.6 Å². The quantitative estimate of drug-likeness (QED) is 0.760. The van der Waals surface area contributed by atoms with Crippen molar-refractivity contribution < 1.29 is 18.0 Å². The van der Waals surface area contributed by atoms with E-state index in [1.165, 1.54) is 16.4 Å². The maximum absolute atomic E-state index is 13.0. The maximum atomic E-state index is 13.0. The molecule has 1 N–H and O–H groups in total. The fourth-order valence-corrected chi connectivity index (χ4v) is 5.97. The number of sulfonamides is 1. The summed E-state index contributed by atoms with van der Waals surface area (Å²) in [5.41, 5.74) is 0.279. The lowest BCUT2D eigenvalue weighted by Crippen LogP contribution is -2.45. The molecular formula is C20H28ClN3O4S. The number of likely N-dealkylation sites (tertiary alicyclic amines) is 1. The number of benzene rings is 1. The van der Waals surface area contributed by atoms with E-state index in [1.807, 2.05) is 6.92 Å². The molecule has 0 aliphatic carbocycles. The number of nitrogens with zero attached hydrogens (tertiary/aromatic N) is 2. The zero-order valence-electron chi connectivity index (χ0n) is 16.7. The molecule has 2 saturated heterocycles. The standard InChI is InChI=1S/C20H28ClN3O4S/c1-2-22-19(25)16-7-6-10-23(14-16)20(26)15-8-9-17(21)18(13-15)29(27,28)24-11-4-3-5-12-24/h8-9,13,16H,2-7,10-12,14H2,1H3,(H,22,25). The lowest BCUT2D eigenvalue weighted by atomic mass is 9.96. The summed E-state index contributed by atoms with van der Waals surface area (Å²) in [6, 6.07) is 4.40. The number of amides is 2. The summed E-state index contributed by atoms with van der Waals surface area (Å²) in [6.45, 7) is 4.24. The summed E-state index contributed by atoms with van der Waals surface area (Å²) in [6.07, 6.45) is 4.14. The molecular weight excluding hydrogens is 414 g/mol. The second-order valence-electron chi connectivity index (χ2n) is 7.59. The molecule has 0 spiro atoms. The highest BCUT2D eigenvalue weighted by molar-refractivity contribution is 7.89. The van der Waals surface area contributed by atoms with Crippen LogP contribution in [0.25, 0.3) is 0 Å². The molecule has 1 aromatic carbocycles. The van der Waals surface area contributed by atoms with Crippen LogP contribution < -0.4 is 5.32 Å². The van der Waals surface area contributed by atoms with Crippen molar-refractivity contribution >= 4 is 33.4 Å². The van der Waals surface area contributed by atoms with Gasteiger partial charge in [0.15, 0.2) is 0 Å². The Kier molecular flexibility index (Phi) is 7.19. The second-order valence-corrected chi connectivity index (χ2v) is 9.91. The van der Waals surface area contributed by atoms with E-state index >= 15 is 0 Å². The van der Waals surface area contributed by atoms with Gasteiger partial charge < -0.3 is 10.2 Å². The monoisotopic (exact) mass is 441 g/mol. The first-order chi connectivity index (χ1) is 13.8. The molecule has 3 rings (SSSR count). The first kappa shape index (κ1) is 22.1. The molecule has 2 aliphatic rings. The van der Waals surface area contributed by atoms with Gasteiger partial charge in [-0.05, 0) is 50.8 Å². The van der Waals surface area contributed by atoms with Crippen molar-refractivity contribution in [3.8, 4) is 0 Å². The minimum atomic E-state index is -3.74. The number of halogens is 1. The Bertz CT molecular complexity index is 868. The zero-order chi connectivity index (χ0) is 21.0. The fraction of sp³-hybridized carbons (Fsp3) is 0.600. The first-order valence-electron chi connectivity index (χ1n) is 10.2. The van der Waals surface area contributed by atoms with Crippen molar-refractivity contribution in [3.63, 3.8) is 0 Å². The zero-order valence-corrected chi connectivity index (χ0v) is 18.3. The highest BCUT2D eigenvalue weighted by atomic mass is 35.5. The predicted molar refractivity (Wildman–Crippen MR) is 111 cm³/mol. The second kappa shape index (κ2) is 9.45. The van der Waals surface area contributed by atoms with Crippen LogP contribution in [-0.2, 0) is 14.8 Å². The van der Waals surface area contributed by atoms with Crippen LogP contribution in [0.3, 0.4) is 0 Å². The van der Waals surface area contributed by atoms with Gasteiger partial charge in [0, 0.05) is 38.3 Å². The van der Waals surface area contributed by atoms with Gasteiger partial charge in [-0.25, -0.2) is 8.42 Å². The number of hydrogen-bond donors (Lipinski definition) is 1. The summed E-state index contributed by atoms with van der Waals surface area (Å²) in [5, 5.41) is 2.92. The molecule has 1 atom stereocenters. The van der Waals surface area contributed by atoms with Crippen molar-refractivity contribution in [2.24, 2.45) is 5.92 Å². The lowest BCUT2D eigenvalue weighted by Gasteiger charge is -2.32. The maximum Gasteiger partial charge on any atom is 0.253 e. The molecule has 2 fully saturated rings. The smallest absolute Gasteiger partial charge is 0.253 e. The van der Waals surface area contributed by atoms with E-state index < -0.39 is 10.0 Å². The number of carbonyl (C=O) groups is 2. The van der Waals surface area contributed by atoms with Gasteiger partial charge in [-0.2, -0.15) is 4.31 Å². The van der Waals surface area contributed by atoms with Crippen molar-refractivity contribution in [2.75, 3.05) is 32.7 Å². The molecule has 1 unspecified atom stereocenters. The van der Waals surface area contributed by atoms with Crippen LogP contribution in [0.1, 0.15) is 49.4 Å². The van der Waals surface area contributed by atoms with E-state index in [4.69, 9.17) is 11.6 Å². The number of piperidine rings is 2. The topological polar surface area (TPSA) is 86.8 Å². The Morgan fingerprint density at radius 3 is 2.55 bits per heavy atom. The predicted octanol–water partition coefficient (Wildman–Crippen LogP) is 2.50. The lowest BCUT2D eigenvalue weighted by molar-refractivity contribution is -0.126. The summed E-state index contributed by atoms with van der Waals surface area (Å²) < 4.78 is 27.5. The van der Waals surface area contributed by atoms with Gasteiger partial charge in [0.1, 0.15) is 4.90 Å². The largest absolute Gasteiger partial charge is 0.356 e. The SMILES string of the molecule is CCNC(=O)C1CCCN(C(=O)c2ccc(Cl)c(S(=O)(=O)N3CCCCC3)c2)C1. The van der Waals surface area contributed by atoms with Crippen LogP contribution in [0.15, 0.2) is 23.1 Å². The van der Waals surface area contributed by atoms with Gasteiger partial charge in [0.25, 0.3) is 5.91 Å². The molecule has 0 bridgehead atoms. The van der Waals surface area contributed by atoms with E-state index in [2.05, 4.69) is 5.32 Å². The van der Waals surface area contributed by atoms with Crippen molar-refractivity contribution in [1.82, 2.24) is 14.5 Å². The molecule has 7 nitrogen and oxygen atoms in total. The Labute approximate surface area is 177 Å². The Hall–Kier alpha value is -1.64. The molecule has 2 heterocycles. The van der Waals surface area contributed by atoms with E-state index in [0.717, 1.165) is 32.1 Å². The average Bonchev–Trinajstić information content (AvgIpc) is 2.74. The molecule has 0 aromatic heterocycles. The molecule has 0 saturated carbocycles. The Morgan fingerprint density at radius 2 is 1.86 bits per heavy atom. The first-order valence-corrected chi connectivity index (χ1v) is 12.0. The van der Waals surface area contributed by atoms with Crippen molar-refractivity contribution in [2.45, 2.75) is 43.9 Å². The third kappa shape index (κ3) is 4.92. The highest BCUT2D eigenvalue weighted by Crippen LogP contribution is 2.29. The summed E-state index contributed by atoms with van der Waals surface area (Å²) in [7, 11) is -3.74. The highest BCUT2D eigenvalue weighted by Gasteiger charge is 2.31. The van der Waals surface area contributed by atoms with Crippen LogP contribution in [0.2, 0.25) is 5.02 Å². The van der Waals surface area contributed by atoms with E-state index in [9.17, 15) is 18.0 Å². The fourth-order valence-electron chi connectivity index (χ4n) is 3.96. The average molecular weight is 442 g/mol. The van der Waals surface area contributed by atoms with Gasteiger partial charge in [-0.1, -0.05) is 18.0 Å². The molecule has 0 radical (unpaired) electrons. The van der Waals surface area contributed by atoms with Gasteiger partial charge in [0.2, 0.25) is 15.9 Å². The van der Waals surface area contributed by atoms with Gasteiger partial charge in [-0.3, -0.25) is 9.59 Å². The van der Waals surface area contributed by atoms with Crippen molar-refractivity contribution in [3.05, 3.63) is 28.8 Å². The molecule has 9 heteroatoms. The molecule has 1 aromatic rings. The third-order valence-corrected chi connectivity index (χ3v) is 7.92. The Balaban J connectivity index is 1.81. The molecule has 2 aliphatic heterocycles. The molecule has 160 valence electrons.